The monoisotopic (exact) mass is 461 g/mol. The van der Waals surface area contributed by atoms with Crippen LogP contribution in [0.1, 0.15) is 18.2 Å². The fourth-order valence-electron chi connectivity index (χ4n) is 4.16. The van der Waals surface area contributed by atoms with Gasteiger partial charge in [-0.1, -0.05) is 55.5 Å². The van der Waals surface area contributed by atoms with E-state index in [9.17, 15) is 5.11 Å². The number of pyridine rings is 2. The first kappa shape index (κ1) is 22.6. The van der Waals surface area contributed by atoms with Crippen LogP contribution in [0, 0.1) is 5.92 Å². The number of fused-ring (bicyclic) bond motifs is 1. The third kappa shape index (κ3) is 5.18. The second kappa shape index (κ2) is 10.4. The van der Waals surface area contributed by atoms with Crippen LogP contribution < -0.4 is 5.32 Å². The van der Waals surface area contributed by atoms with Crippen molar-refractivity contribution < 1.29 is 5.11 Å². The van der Waals surface area contributed by atoms with Crippen molar-refractivity contribution in [2.45, 2.75) is 19.9 Å². The summed E-state index contributed by atoms with van der Waals surface area (Å²) in [5.74, 6) is 1.52. The van der Waals surface area contributed by atoms with Crippen LogP contribution in [0.2, 0.25) is 0 Å². The molecule has 0 radical (unpaired) electrons. The van der Waals surface area contributed by atoms with Crippen molar-refractivity contribution in [2.75, 3.05) is 11.9 Å². The van der Waals surface area contributed by atoms with Crippen molar-refractivity contribution in [1.82, 2.24) is 19.9 Å². The molecule has 0 aliphatic carbocycles. The smallest absolute Gasteiger partial charge is 0.163 e. The SMILES string of the molecule is CC(CO)Cc1cncc(-c2nc(NCc3ccccn3)c3c(-c4ccccc4)cccc3n2)c1. The van der Waals surface area contributed by atoms with E-state index in [0.717, 1.165) is 51.1 Å². The highest BCUT2D eigenvalue weighted by Gasteiger charge is 2.15. The van der Waals surface area contributed by atoms with Crippen LogP contribution >= 0.6 is 0 Å². The molecule has 5 aromatic rings. The minimum Gasteiger partial charge on any atom is -0.396 e. The Balaban J connectivity index is 1.62. The highest BCUT2D eigenvalue weighted by Crippen LogP contribution is 2.34. The van der Waals surface area contributed by atoms with E-state index in [2.05, 4.69) is 39.6 Å². The van der Waals surface area contributed by atoms with Crippen LogP contribution in [-0.4, -0.2) is 31.6 Å². The molecule has 1 atom stereocenters. The molecule has 0 aliphatic rings. The normalized spacial score (nSPS) is 11.9. The molecule has 1 unspecified atom stereocenters. The quantitative estimate of drug-likeness (QED) is 0.316. The number of aromatic nitrogens is 4. The minimum atomic E-state index is 0.139. The van der Waals surface area contributed by atoms with Crippen molar-refractivity contribution in [2.24, 2.45) is 5.92 Å². The predicted molar refractivity (Wildman–Crippen MR) is 140 cm³/mol. The summed E-state index contributed by atoms with van der Waals surface area (Å²) in [6.07, 6.45) is 6.16. The molecular formula is C29H27N5O. The first-order valence-corrected chi connectivity index (χ1v) is 11.8. The van der Waals surface area contributed by atoms with E-state index in [1.54, 1.807) is 12.4 Å². The van der Waals surface area contributed by atoms with E-state index in [0.29, 0.717) is 12.4 Å². The molecule has 6 nitrogen and oxygen atoms in total. The zero-order valence-electron chi connectivity index (χ0n) is 19.6. The molecule has 2 aromatic carbocycles. The van der Waals surface area contributed by atoms with Gasteiger partial charge in [-0.3, -0.25) is 9.97 Å². The Morgan fingerprint density at radius 2 is 1.74 bits per heavy atom. The van der Waals surface area contributed by atoms with E-state index in [-0.39, 0.29) is 12.5 Å². The molecule has 0 saturated carbocycles. The van der Waals surface area contributed by atoms with Gasteiger partial charge >= 0.3 is 0 Å². The number of benzene rings is 2. The topological polar surface area (TPSA) is 83.8 Å². The van der Waals surface area contributed by atoms with Gasteiger partial charge in [0.2, 0.25) is 0 Å². The standard InChI is InChI=1S/C29H27N5O/c1-20(19-35)14-21-15-23(17-30-16-21)28-33-26-12-7-11-25(22-8-3-2-4-9-22)27(26)29(34-28)32-18-24-10-5-6-13-31-24/h2-13,15-17,20,35H,14,18-19H2,1H3,(H,32,33,34). The molecule has 3 heterocycles. The summed E-state index contributed by atoms with van der Waals surface area (Å²) in [7, 11) is 0. The number of aliphatic hydroxyl groups is 1. The van der Waals surface area contributed by atoms with Crippen molar-refractivity contribution in [3.8, 4) is 22.5 Å². The van der Waals surface area contributed by atoms with Gasteiger partial charge in [-0.25, -0.2) is 9.97 Å². The zero-order chi connectivity index (χ0) is 24.0. The lowest BCUT2D eigenvalue weighted by Gasteiger charge is -2.15. The maximum absolute atomic E-state index is 9.45. The lowest BCUT2D eigenvalue weighted by atomic mass is 10.00. The van der Waals surface area contributed by atoms with Gasteiger partial charge in [0.15, 0.2) is 5.82 Å². The Hall–Kier alpha value is -4.16. The Labute approximate surface area is 204 Å². The molecule has 0 bridgehead atoms. The summed E-state index contributed by atoms with van der Waals surface area (Å²) in [4.78, 5) is 18.8. The summed E-state index contributed by atoms with van der Waals surface area (Å²) < 4.78 is 0. The van der Waals surface area contributed by atoms with Crippen LogP contribution in [0.3, 0.4) is 0 Å². The van der Waals surface area contributed by atoms with Crippen LogP contribution in [0.4, 0.5) is 5.82 Å². The predicted octanol–water partition coefficient (Wildman–Crippen LogP) is 5.54. The third-order valence-electron chi connectivity index (χ3n) is 5.92. The number of nitrogens with one attached hydrogen (secondary N) is 1. The van der Waals surface area contributed by atoms with Gasteiger partial charge in [-0.05, 0) is 53.3 Å². The molecule has 0 aliphatic heterocycles. The lowest BCUT2D eigenvalue weighted by Crippen LogP contribution is -2.07. The highest BCUT2D eigenvalue weighted by molar-refractivity contribution is 6.02. The van der Waals surface area contributed by atoms with Gasteiger partial charge < -0.3 is 10.4 Å². The molecular weight excluding hydrogens is 434 g/mol. The number of rotatable bonds is 8. The van der Waals surface area contributed by atoms with Crippen LogP contribution in [0.15, 0.2) is 91.4 Å². The molecule has 0 spiro atoms. The van der Waals surface area contributed by atoms with Crippen LogP contribution in [0.5, 0.6) is 0 Å². The number of anilines is 1. The van der Waals surface area contributed by atoms with Gasteiger partial charge in [0.25, 0.3) is 0 Å². The van der Waals surface area contributed by atoms with Crippen molar-refractivity contribution in [1.29, 1.82) is 0 Å². The molecule has 2 N–H and O–H groups in total. The van der Waals surface area contributed by atoms with Crippen LogP contribution in [-0.2, 0) is 13.0 Å². The molecule has 0 amide bonds. The van der Waals surface area contributed by atoms with Gasteiger partial charge in [-0.2, -0.15) is 0 Å². The Bertz CT molecular complexity index is 1420. The van der Waals surface area contributed by atoms with Crippen molar-refractivity contribution in [3.63, 3.8) is 0 Å². The fraction of sp³-hybridized carbons (Fsp3) is 0.172. The minimum absolute atomic E-state index is 0.139. The molecule has 0 fully saturated rings. The first-order chi connectivity index (χ1) is 17.2. The van der Waals surface area contributed by atoms with Gasteiger partial charge in [0.1, 0.15) is 5.82 Å². The van der Waals surface area contributed by atoms with E-state index < -0.39 is 0 Å². The Morgan fingerprint density at radius 3 is 2.54 bits per heavy atom. The molecule has 5 rings (SSSR count). The van der Waals surface area contributed by atoms with E-state index in [1.165, 1.54) is 0 Å². The summed E-state index contributed by atoms with van der Waals surface area (Å²) in [6.45, 7) is 2.70. The van der Waals surface area contributed by atoms with Gasteiger partial charge in [0.05, 0.1) is 23.1 Å². The molecule has 0 saturated heterocycles. The zero-order valence-corrected chi connectivity index (χ0v) is 19.6. The molecule has 174 valence electrons. The fourth-order valence-corrected chi connectivity index (χ4v) is 4.16. The van der Waals surface area contributed by atoms with E-state index >= 15 is 0 Å². The van der Waals surface area contributed by atoms with Crippen molar-refractivity contribution in [3.05, 3.63) is 103 Å². The third-order valence-corrected chi connectivity index (χ3v) is 5.92. The van der Waals surface area contributed by atoms with Gasteiger partial charge in [0, 0.05) is 30.8 Å². The maximum atomic E-state index is 9.45. The number of nitrogens with zero attached hydrogens (tertiary/aromatic N) is 4. The maximum Gasteiger partial charge on any atom is 0.163 e. The average molecular weight is 462 g/mol. The Morgan fingerprint density at radius 1 is 0.886 bits per heavy atom. The Kier molecular flexibility index (Phi) is 6.73. The number of hydrogen-bond donors (Lipinski definition) is 2. The summed E-state index contributed by atoms with van der Waals surface area (Å²) in [6, 6.07) is 24.4. The van der Waals surface area contributed by atoms with Crippen molar-refractivity contribution >= 4 is 16.7 Å². The highest BCUT2D eigenvalue weighted by atomic mass is 16.3. The number of aliphatic hydroxyl groups excluding tert-OH is 1. The van der Waals surface area contributed by atoms with Crippen LogP contribution in [0.25, 0.3) is 33.4 Å². The summed E-state index contributed by atoms with van der Waals surface area (Å²) in [5.41, 5.74) is 5.86. The molecule has 35 heavy (non-hydrogen) atoms. The second-order valence-electron chi connectivity index (χ2n) is 8.71. The van der Waals surface area contributed by atoms with E-state index in [4.69, 9.17) is 9.97 Å². The average Bonchev–Trinajstić information content (AvgIpc) is 2.92. The largest absolute Gasteiger partial charge is 0.396 e. The van der Waals surface area contributed by atoms with E-state index in [1.807, 2.05) is 61.7 Å². The second-order valence-corrected chi connectivity index (χ2v) is 8.71. The summed E-state index contributed by atoms with van der Waals surface area (Å²) in [5, 5.41) is 13.9. The first-order valence-electron chi connectivity index (χ1n) is 11.8. The molecule has 3 aromatic heterocycles. The summed E-state index contributed by atoms with van der Waals surface area (Å²) >= 11 is 0. The van der Waals surface area contributed by atoms with Gasteiger partial charge in [-0.15, -0.1) is 0 Å². The number of hydrogen-bond acceptors (Lipinski definition) is 6. The lowest BCUT2D eigenvalue weighted by molar-refractivity contribution is 0.237. The molecule has 6 heteroatoms.